The lowest BCUT2D eigenvalue weighted by atomic mass is 9.85. The molecule has 2 aromatic rings. The van der Waals surface area contributed by atoms with Gasteiger partial charge in [0.1, 0.15) is 5.76 Å². The Morgan fingerprint density at radius 3 is 2.19 bits per heavy atom. The Kier molecular flexibility index (Phi) is 6.65. The number of Topliss-reactive ketones (excluding diaryl/α,β-unsaturated/α-hetero) is 1. The summed E-state index contributed by atoms with van der Waals surface area (Å²) in [6, 6.07) is 14.6. The molecule has 3 rings (SSSR count). The van der Waals surface area contributed by atoms with Crippen LogP contribution < -0.4 is 0 Å². The van der Waals surface area contributed by atoms with Gasteiger partial charge in [0.05, 0.1) is 11.6 Å². The van der Waals surface area contributed by atoms with Gasteiger partial charge in [-0.3, -0.25) is 9.59 Å². The third-order valence-electron chi connectivity index (χ3n) is 5.70. The molecule has 1 aliphatic heterocycles. The summed E-state index contributed by atoms with van der Waals surface area (Å²) in [5.74, 6) is -1.38. The molecule has 1 amide bonds. The average Bonchev–Trinajstić information content (AvgIpc) is 2.98. The Labute approximate surface area is 184 Å². The van der Waals surface area contributed by atoms with Gasteiger partial charge >= 0.3 is 0 Å². The van der Waals surface area contributed by atoms with E-state index in [1.54, 1.807) is 24.1 Å². The zero-order valence-corrected chi connectivity index (χ0v) is 18.9. The summed E-state index contributed by atoms with van der Waals surface area (Å²) in [6.07, 6.45) is 0.602. The smallest absolute Gasteiger partial charge is 0.295 e. The summed E-state index contributed by atoms with van der Waals surface area (Å²) in [5, 5.41) is 11.1. The van der Waals surface area contributed by atoms with E-state index >= 15 is 0 Å². The second-order valence-electron chi connectivity index (χ2n) is 9.08. The van der Waals surface area contributed by atoms with Crippen LogP contribution in [0.1, 0.15) is 55.5 Å². The van der Waals surface area contributed by atoms with Crippen LogP contribution in [0.5, 0.6) is 0 Å². The van der Waals surface area contributed by atoms with Crippen LogP contribution in [0.3, 0.4) is 0 Å². The second kappa shape index (κ2) is 9.06. The number of ether oxygens (including phenoxy) is 1. The van der Waals surface area contributed by atoms with Crippen LogP contribution in [0, 0.1) is 6.92 Å². The fraction of sp³-hybridized carbons (Fsp3) is 0.385. The van der Waals surface area contributed by atoms with E-state index in [0.29, 0.717) is 25.1 Å². The van der Waals surface area contributed by atoms with Crippen molar-refractivity contribution in [2.75, 3.05) is 20.3 Å². The molecule has 1 fully saturated rings. The molecule has 5 nitrogen and oxygen atoms in total. The number of methoxy groups -OCH3 is 1. The molecule has 1 atom stereocenters. The molecule has 5 heteroatoms. The number of aryl methyl sites for hydroxylation is 1. The van der Waals surface area contributed by atoms with Gasteiger partial charge in [0.25, 0.3) is 11.7 Å². The number of benzene rings is 2. The molecule has 0 saturated carbocycles. The van der Waals surface area contributed by atoms with Crippen molar-refractivity contribution >= 4 is 17.4 Å². The molecular formula is C26H31NO4. The molecule has 1 N–H and O–H groups in total. The molecule has 0 bridgehead atoms. The summed E-state index contributed by atoms with van der Waals surface area (Å²) in [4.78, 5) is 27.4. The Hall–Kier alpha value is -2.92. The van der Waals surface area contributed by atoms with Gasteiger partial charge in [-0.1, -0.05) is 74.9 Å². The minimum atomic E-state index is -0.652. The zero-order chi connectivity index (χ0) is 22.8. The van der Waals surface area contributed by atoms with E-state index in [2.05, 4.69) is 20.8 Å². The lowest BCUT2D eigenvalue weighted by Gasteiger charge is -2.26. The van der Waals surface area contributed by atoms with Gasteiger partial charge in [0.15, 0.2) is 0 Å². The van der Waals surface area contributed by atoms with E-state index in [1.165, 1.54) is 0 Å². The molecule has 0 aromatic heterocycles. The standard InChI is InChI=1S/C26H31NO4/c1-17-7-9-19(10-8-17)23(28)21-22(18-11-13-20(14-12-18)26(2,3)4)27(15-6-16-31-5)25(30)24(21)29/h7-14,22,28H,6,15-16H2,1-5H3/b23-21+/t22-/m0/s1. The first-order valence-corrected chi connectivity index (χ1v) is 10.6. The first-order valence-electron chi connectivity index (χ1n) is 10.6. The van der Waals surface area contributed by atoms with Crippen molar-refractivity contribution in [2.45, 2.75) is 45.6 Å². The molecule has 2 aromatic carbocycles. The Morgan fingerprint density at radius 2 is 1.65 bits per heavy atom. The molecule has 0 unspecified atom stereocenters. The van der Waals surface area contributed by atoms with Crippen LogP contribution in [-0.4, -0.2) is 42.0 Å². The maximum atomic E-state index is 13.0. The van der Waals surface area contributed by atoms with E-state index in [1.807, 2.05) is 43.3 Å². The second-order valence-corrected chi connectivity index (χ2v) is 9.08. The lowest BCUT2D eigenvalue weighted by molar-refractivity contribution is -0.140. The van der Waals surface area contributed by atoms with Crippen LogP contribution in [0.4, 0.5) is 0 Å². The van der Waals surface area contributed by atoms with Gasteiger partial charge in [0, 0.05) is 25.8 Å². The third kappa shape index (κ3) is 4.72. The van der Waals surface area contributed by atoms with Gasteiger partial charge in [-0.25, -0.2) is 0 Å². The highest BCUT2D eigenvalue weighted by atomic mass is 16.5. The minimum Gasteiger partial charge on any atom is -0.507 e. The quantitative estimate of drug-likeness (QED) is 0.316. The number of carbonyl (C=O) groups excluding carboxylic acids is 2. The largest absolute Gasteiger partial charge is 0.507 e. The average molecular weight is 422 g/mol. The highest BCUT2D eigenvalue weighted by molar-refractivity contribution is 6.46. The number of likely N-dealkylation sites (tertiary alicyclic amines) is 1. The fourth-order valence-electron chi connectivity index (χ4n) is 3.87. The molecule has 0 radical (unpaired) electrons. The van der Waals surface area contributed by atoms with Crippen molar-refractivity contribution < 1.29 is 19.4 Å². The maximum absolute atomic E-state index is 13.0. The Bertz CT molecular complexity index is 982. The van der Waals surface area contributed by atoms with Crippen LogP contribution in [0.25, 0.3) is 5.76 Å². The number of hydrogen-bond acceptors (Lipinski definition) is 4. The van der Waals surface area contributed by atoms with Gasteiger partial charge in [-0.2, -0.15) is 0 Å². The number of nitrogens with zero attached hydrogens (tertiary/aromatic N) is 1. The molecule has 0 spiro atoms. The predicted molar refractivity (Wildman–Crippen MR) is 122 cm³/mol. The SMILES string of the molecule is COCCCN1C(=O)C(=O)/C(=C(/O)c2ccc(C)cc2)[C@@H]1c1ccc(C(C)(C)C)cc1. The minimum absolute atomic E-state index is 0.0132. The summed E-state index contributed by atoms with van der Waals surface area (Å²) in [7, 11) is 1.61. The van der Waals surface area contributed by atoms with Crippen molar-refractivity contribution in [2.24, 2.45) is 0 Å². The number of amides is 1. The van der Waals surface area contributed by atoms with E-state index in [-0.39, 0.29) is 16.7 Å². The number of rotatable bonds is 6. The third-order valence-corrected chi connectivity index (χ3v) is 5.70. The van der Waals surface area contributed by atoms with Crippen molar-refractivity contribution in [3.05, 3.63) is 76.4 Å². The maximum Gasteiger partial charge on any atom is 0.295 e. The van der Waals surface area contributed by atoms with Gasteiger partial charge in [-0.15, -0.1) is 0 Å². The summed E-state index contributed by atoms with van der Waals surface area (Å²) >= 11 is 0. The molecule has 31 heavy (non-hydrogen) atoms. The first-order chi connectivity index (χ1) is 14.6. The van der Waals surface area contributed by atoms with Crippen LogP contribution in [-0.2, 0) is 19.7 Å². The summed E-state index contributed by atoms with van der Waals surface area (Å²) in [5.41, 5.74) is 3.66. The van der Waals surface area contributed by atoms with Crippen LogP contribution in [0.2, 0.25) is 0 Å². The van der Waals surface area contributed by atoms with Gasteiger partial charge in [-0.05, 0) is 29.9 Å². The monoisotopic (exact) mass is 421 g/mol. The number of hydrogen-bond donors (Lipinski definition) is 1. The van der Waals surface area contributed by atoms with E-state index in [4.69, 9.17) is 4.74 Å². The summed E-state index contributed by atoms with van der Waals surface area (Å²) < 4.78 is 5.13. The number of aliphatic hydroxyl groups is 1. The molecule has 1 aliphatic rings. The van der Waals surface area contributed by atoms with Gasteiger partial charge in [0.2, 0.25) is 0 Å². The molecular weight excluding hydrogens is 390 g/mol. The van der Waals surface area contributed by atoms with Crippen molar-refractivity contribution in [1.82, 2.24) is 4.90 Å². The van der Waals surface area contributed by atoms with E-state index in [9.17, 15) is 14.7 Å². The molecule has 0 aliphatic carbocycles. The van der Waals surface area contributed by atoms with E-state index < -0.39 is 17.7 Å². The van der Waals surface area contributed by atoms with E-state index in [0.717, 1.165) is 16.7 Å². The van der Waals surface area contributed by atoms with Gasteiger partial charge < -0.3 is 14.7 Å². The topological polar surface area (TPSA) is 66.8 Å². The Balaban J connectivity index is 2.11. The van der Waals surface area contributed by atoms with Crippen LogP contribution >= 0.6 is 0 Å². The van der Waals surface area contributed by atoms with Crippen molar-refractivity contribution in [3.8, 4) is 0 Å². The van der Waals surface area contributed by atoms with Crippen molar-refractivity contribution in [1.29, 1.82) is 0 Å². The molecule has 1 saturated heterocycles. The fourth-order valence-corrected chi connectivity index (χ4v) is 3.87. The molecule has 1 heterocycles. The summed E-state index contributed by atoms with van der Waals surface area (Å²) in [6.45, 7) is 9.21. The zero-order valence-electron chi connectivity index (χ0n) is 18.9. The molecule has 164 valence electrons. The first kappa shape index (κ1) is 22.8. The van der Waals surface area contributed by atoms with Crippen LogP contribution in [0.15, 0.2) is 54.1 Å². The predicted octanol–water partition coefficient (Wildman–Crippen LogP) is 4.75. The number of aliphatic hydroxyl groups excluding tert-OH is 1. The highest BCUT2D eigenvalue weighted by Gasteiger charge is 2.45. The van der Waals surface area contributed by atoms with Crippen molar-refractivity contribution in [3.63, 3.8) is 0 Å². The highest BCUT2D eigenvalue weighted by Crippen LogP contribution is 2.40. The number of ketones is 1. The Morgan fingerprint density at radius 1 is 1.03 bits per heavy atom. The lowest BCUT2D eigenvalue weighted by Crippen LogP contribution is -2.31. The number of carbonyl (C=O) groups is 2. The normalized spacial score (nSPS) is 18.6.